The van der Waals surface area contributed by atoms with Crippen LogP contribution in [0.2, 0.25) is 5.02 Å². The molecular formula is C23H24ClN3O2. The van der Waals surface area contributed by atoms with E-state index < -0.39 is 0 Å². The summed E-state index contributed by atoms with van der Waals surface area (Å²) < 4.78 is 5.38. The molecule has 4 rings (SSSR count). The van der Waals surface area contributed by atoms with Gasteiger partial charge in [0, 0.05) is 36.2 Å². The van der Waals surface area contributed by atoms with E-state index in [4.69, 9.17) is 16.3 Å². The molecule has 0 radical (unpaired) electrons. The minimum absolute atomic E-state index is 0.0356. The van der Waals surface area contributed by atoms with Crippen LogP contribution < -0.4 is 5.32 Å². The minimum atomic E-state index is -0.0356. The molecule has 5 nitrogen and oxygen atoms in total. The molecule has 1 aliphatic rings. The fourth-order valence-corrected chi connectivity index (χ4v) is 3.71. The zero-order chi connectivity index (χ0) is 20.2. The number of halogens is 1. The van der Waals surface area contributed by atoms with Gasteiger partial charge >= 0.3 is 0 Å². The van der Waals surface area contributed by atoms with Crippen molar-refractivity contribution in [2.24, 2.45) is 0 Å². The van der Waals surface area contributed by atoms with E-state index >= 15 is 0 Å². The number of hydrogen-bond acceptors (Lipinski definition) is 4. The maximum absolute atomic E-state index is 13.2. The third-order valence-corrected chi connectivity index (χ3v) is 5.49. The highest BCUT2D eigenvalue weighted by Gasteiger charge is 2.23. The molecule has 0 bridgehead atoms. The molecule has 3 aromatic rings. The molecule has 0 saturated carbocycles. The van der Waals surface area contributed by atoms with Crippen molar-refractivity contribution in [2.45, 2.75) is 19.9 Å². The number of hydrogen-bond donors (Lipinski definition) is 1. The Bertz CT molecular complexity index is 1010. The Kier molecular flexibility index (Phi) is 5.97. The van der Waals surface area contributed by atoms with E-state index in [-0.39, 0.29) is 5.91 Å². The van der Waals surface area contributed by atoms with Crippen molar-refractivity contribution in [3.63, 3.8) is 0 Å². The number of rotatable bonds is 5. The van der Waals surface area contributed by atoms with Crippen LogP contribution >= 0.6 is 11.6 Å². The molecule has 1 aliphatic heterocycles. The van der Waals surface area contributed by atoms with E-state index in [0.717, 1.165) is 28.6 Å². The van der Waals surface area contributed by atoms with Crippen LogP contribution in [0.4, 0.5) is 5.69 Å². The molecule has 2 aromatic carbocycles. The molecule has 6 heteroatoms. The second-order valence-corrected chi connectivity index (χ2v) is 7.57. The quantitative estimate of drug-likeness (QED) is 0.672. The summed E-state index contributed by atoms with van der Waals surface area (Å²) in [5, 5.41) is 4.95. The Morgan fingerprint density at radius 3 is 2.59 bits per heavy atom. The van der Waals surface area contributed by atoms with Crippen LogP contribution in [-0.2, 0) is 17.7 Å². The van der Waals surface area contributed by atoms with Crippen molar-refractivity contribution in [3.05, 3.63) is 70.4 Å². The van der Waals surface area contributed by atoms with Crippen LogP contribution in [0.5, 0.6) is 0 Å². The van der Waals surface area contributed by atoms with Gasteiger partial charge in [-0.1, -0.05) is 42.8 Å². The minimum Gasteiger partial charge on any atom is -0.380 e. The van der Waals surface area contributed by atoms with Gasteiger partial charge < -0.3 is 15.0 Å². The van der Waals surface area contributed by atoms with E-state index in [0.29, 0.717) is 43.4 Å². The average Bonchev–Trinajstić information content (AvgIpc) is 2.77. The van der Waals surface area contributed by atoms with Gasteiger partial charge in [0.25, 0.3) is 5.91 Å². The maximum Gasteiger partial charge on any atom is 0.257 e. The number of nitrogens with one attached hydrogen (secondary N) is 1. The summed E-state index contributed by atoms with van der Waals surface area (Å²) in [6, 6.07) is 14.1. The van der Waals surface area contributed by atoms with Crippen molar-refractivity contribution in [1.29, 1.82) is 0 Å². The number of carbonyl (C=O) groups excluding carboxylic acids is 1. The number of pyridine rings is 1. The first kappa shape index (κ1) is 19.7. The Morgan fingerprint density at radius 2 is 1.86 bits per heavy atom. The number of aryl methyl sites for hydroxylation is 1. The molecule has 1 saturated heterocycles. The number of morpholine rings is 1. The zero-order valence-electron chi connectivity index (χ0n) is 16.5. The fraction of sp³-hybridized carbons (Fsp3) is 0.304. The third kappa shape index (κ3) is 4.36. The number of fused-ring (bicyclic) bond motifs is 1. The molecule has 0 atom stereocenters. The van der Waals surface area contributed by atoms with Gasteiger partial charge in [-0.05, 0) is 35.7 Å². The van der Waals surface area contributed by atoms with E-state index in [1.807, 2.05) is 23.1 Å². The number of aromatic nitrogens is 1. The van der Waals surface area contributed by atoms with E-state index in [1.54, 1.807) is 6.20 Å². The molecule has 29 heavy (non-hydrogen) atoms. The maximum atomic E-state index is 13.2. The predicted octanol–water partition coefficient (Wildman–Crippen LogP) is 4.54. The van der Waals surface area contributed by atoms with Gasteiger partial charge in [-0.3, -0.25) is 9.78 Å². The largest absolute Gasteiger partial charge is 0.380 e. The lowest BCUT2D eigenvalue weighted by Gasteiger charge is -2.28. The number of anilines is 1. The molecule has 0 spiro atoms. The Hall–Kier alpha value is -2.63. The standard InChI is InChI=1S/C23H24ClN3O2/c1-2-16-3-5-17(6-4-16)14-26-22-19-13-18(24)7-8-21(19)25-15-20(22)23(28)27-9-11-29-12-10-27/h3-8,13,15H,2,9-12,14H2,1H3,(H,25,26). The number of ether oxygens (including phenoxy) is 1. The van der Waals surface area contributed by atoms with Crippen LogP contribution in [0, 0.1) is 0 Å². The number of benzene rings is 2. The van der Waals surface area contributed by atoms with Crippen LogP contribution in [0.3, 0.4) is 0 Å². The van der Waals surface area contributed by atoms with Crippen molar-refractivity contribution >= 4 is 34.1 Å². The molecule has 2 heterocycles. The molecule has 1 N–H and O–H groups in total. The molecule has 1 aromatic heterocycles. The number of amides is 1. The smallest absolute Gasteiger partial charge is 0.257 e. The molecule has 0 unspecified atom stereocenters. The monoisotopic (exact) mass is 409 g/mol. The van der Waals surface area contributed by atoms with Crippen molar-refractivity contribution in [1.82, 2.24) is 9.88 Å². The summed E-state index contributed by atoms with van der Waals surface area (Å²) in [7, 11) is 0. The van der Waals surface area contributed by atoms with Gasteiger partial charge in [0.2, 0.25) is 0 Å². The first-order valence-corrected chi connectivity index (χ1v) is 10.3. The Labute approximate surface area is 175 Å². The Balaban J connectivity index is 1.69. The highest BCUT2D eigenvalue weighted by Crippen LogP contribution is 2.30. The molecule has 0 aliphatic carbocycles. The lowest BCUT2D eigenvalue weighted by molar-refractivity contribution is 0.0303. The van der Waals surface area contributed by atoms with Crippen LogP contribution in [0.25, 0.3) is 10.9 Å². The van der Waals surface area contributed by atoms with Crippen molar-refractivity contribution < 1.29 is 9.53 Å². The highest BCUT2D eigenvalue weighted by molar-refractivity contribution is 6.31. The summed E-state index contributed by atoms with van der Waals surface area (Å²) in [6.45, 7) is 5.05. The lowest BCUT2D eigenvalue weighted by Crippen LogP contribution is -2.41. The molecule has 1 fully saturated rings. The molecular weight excluding hydrogens is 386 g/mol. The van der Waals surface area contributed by atoms with Gasteiger partial charge in [0.15, 0.2) is 0 Å². The zero-order valence-corrected chi connectivity index (χ0v) is 17.2. The van der Waals surface area contributed by atoms with Crippen LogP contribution in [0.1, 0.15) is 28.4 Å². The fourth-order valence-electron chi connectivity index (χ4n) is 3.54. The van der Waals surface area contributed by atoms with E-state index in [9.17, 15) is 4.79 Å². The summed E-state index contributed by atoms with van der Waals surface area (Å²) in [4.78, 5) is 19.5. The average molecular weight is 410 g/mol. The number of carbonyl (C=O) groups is 1. The summed E-state index contributed by atoms with van der Waals surface area (Å²) in [5.74, 6) is -0.0356. The normalized spacial score (nSPS) is 14.2. The van der Waals surface area contributed by atoms with Crippen LogP contribution in [0.15, 0.2) is 48.7 Å². The van der Waals surface area contributed by atoms with Crippen molar-refractivity contribution in [2.75, 3.05) is 31.6 Å². The Morgan fingerprint density at radius 1 is 1.14 bits per heavy atom. The summed E-state index contributed by atoms with van der Waals surface area (Å²) in [5.41, 5.74) is 4.59. The van der Waals surface area contributed by atoms with Gasteiger partial charge in [-0.25, -0.2) is 0 Å². The SMILES string of the molecule is CCc1ccc(CNc2c(C(=O)N3CCOCC3)cnc3ccc(Cl)cc23)cc1. The van der Waals surface area contributed by atoms with Crippen molar-refractivity contribution in [3.8, 4) is 0 Å². The second kappa shape index (κ2) is 8.80. The van der Waals surface area contributed by atoms with E-state index in [2.05, 4.69) is 41.5 Å². The van der Waals surface area contributed by atoms with Gasteiger partial charge in [0.05, 0.1) is 30.0 Å². The van der Waals surface area contributed by atoms with Gasteiger partial charge in [-0.15, -0.1) is 0 Å². The second-order valence-electron chi connectivity index (χ2n) is 7.14. The summed E-state index contributed by atoms with van der Waals surface area (Å²) >= 11 is 6.25. The predicted molar refractivity (Wildman–Crippen MR) is 117 cm³/mol. The summed E-state index contributed by atoms with van der Waals surface area (Å²) in [6.07, 6.45) is 2.68. The topological polar surface area (TPSA) is 54.5 Å². The van der Waals surface area contributed by atoms with Crippen LogP contribution in [-0.4, -0.2) is 42.1 Å². The molecule has 1 amide bonds. The molecule has 150 valence electrons. The van der Waals surface area contributed by atoms with Gasteiger partial charge in [-0.2, -0.15) is 0 Å². The number of nitrogens with zero attached hydrogens (tertiary/aromatic N) is 2. The first-order chi connectivity index (χ1) is 14.2. The highest BCUT2D eigenvalue weighted by atomic mass is 35.5. The third-order valence-electron chi connectivity index (χ3n) is 5.26. The van der Waals surface area contributed by atoms with E-state index in [1.165, 1.54) is 5.56 Å². The first-order valence-electron chi connectivity index (χ1n) is 9.92. The van der Waals surface area contributed by atoms with Gasteiger partial charge in [0.1, 0.15) is 0 Å². The lowest BCUT2D eigenvalue weighted by atomic mass is 10.1.